The third-order valence-electron chi connectivity index (χ3n) is 6.22. The summed E-state index contributed by atoms with van der Waals surface area (Å²) < 4.78 is 7.00. The number of pyridine rings is 1. The molecule has 3 aromatic carbocycles. The Balaban J connectivity index is 1.73. The second-order valence-corrected chi connectivity index (χ2v) is 8.51. The summed E-state index contributed by atoms with van der Waals surface area (Å²) in [6.07, 6.45) is 1.38. The smallest absolute Gasteiger partial charge is 0.263 e. The van der Waals surface area contributed by atoms with Crippen LogP contribution in [0.2, 0.25) is 0 Å². The lowest BCUT2D eigenvalue weighted by molar-refractivity contribution is 0.415. The fourth-order valence-electron chi connectivity index (χ4n) is 4.42. The Bertz CT molecular complexity index is 1690. The molecule has 0 bridgehead atoms. The molecular formula is C29H24N6O2. The largest absolute Gasteiger partial charge is 0.497 e. The summed E-state index contributed by atoms with van der Waals surface area (Å²) in [6.45, 7) is 1.91. The summed E-state index contributed by atoms with van der Waals surface area (Å²) in [4.78, 5) is 22.3. The van der Waals surface area contributed by atoms with Crippen LogP contribution in [-0.4, -0.2) is 21.6 Å². The number of nitrogens with two attached hydrogens (primary N) is 1. The Hall–Kier alpha value is -5.16. The number of fused-ring (bicyclic) bond motifs is 1. The van der Waals surface area contributed by atoms with Crippen LogP contribution in [0.25, 0.3) is 27.6 Å². The number of hydrogen-bond acceptors (Lipinski definition) is 7. The van der Waals surface area contributed by atoms with Gasteiger partial charge in [0.2, 0.25) is 5.95 Å². The molecule has 8 heteroatoms. The number of hydrogen-bond donors (Lipinski definition) is 2. The van der Waals surface area contributed by atoms with E-state index in [-0.39, 0.29) is 17.1 Å². The van der Waals surface area contributed by atoms with Crippen molar-refractivity contribution >= 4 is 22.5 Å². The van der Waals surface area contributed by atoms with Crippen LogP contribution in [0.3, 0.4) is 0 Å². The first kappa shape index (κ1) is 23.6. The van der Waals surface area contributed by atoms with Gasteiger partial charge in [-0.3, -0.25) is 9.36 Å². The molecular weight excluding hydrogens is 464 g/mol. The van der Waals surface area contributed by atoms with Crippen molar-refractivity contribution in [3.8, 4) is 28.6 Å². The first-order chi connectivity index (χ1) is 18.0. The molecule has 0 saturated heterocycles. The zero-order chi connectivity index (χ0) is 25.9. The van der Waals surface area contributed by atoms with Gasteiger partial charge in [-0.2, -0.15) is 10.2 Å². The van der Waals surface area contributed by atoms with Crippen molar-refractivity contribution in [2.75, 3.05) is 18.2 Å². The highest BCUT2D eigenvalue weighted by Crippen LogP contribution is 2.31. The number of anilines is 2. The van der Waals surface area contributed by atoms with Gasteiger partial charge in [0.1, 0.15) is 23.2 Å². The summed E-state index contributed by atoms with van der Waals surface area (Å²) in [5.41, 5.74) is 9.06. The summed E-state index contributed by atoms with van der Waals surface area (Å²) in [5.74, 6) is 1.11. The van der Waals surface area contributed by atoms with Crippen LogP contribution in [-0.2, 0) is 0 Å². The average molecular weight is 489 g/mol. The highest BCUT2D eigenvalue weighted by molar-refractivity contribution is 5.96. The molecule has 0 radical (unpaired) electrons. The van der Waals surface area contributed by atoms with Gasteiger partial charge >= 0.3 is 0 Å². The highest BCUT2D eigenvalue weighted by Gasteiger charge is 2.20. The molecule has 8 nitrogen and oxygen atoms in total. The molecule has 2 aromatic heterocycles. The van der Waals surface area contributed by atoms with Gasteiger partial charge in [-0.05, 0) is 53.8 Å². The molecule has 3 N–H and O–H groups in total. The van der Waals surface area contributed by atoms with Crippen molar-refractivity contribution in [3.63, 3.8) is 0 Å². The van der Waals surface area contributed by atoms with Gasteiger partial charge in [0.15, 0.2) is 0 Å². The van der Waals surface area contributed by atoms with Crippen molar-refractivity contribution in [1.29, 1.82) is 5.26 Å². The number of ether oxygens (including phenoxy) is 1. The lowest BCUT2D eigenvalue weighted by Crippen LogP contribution is -2.26. The predicted octanol–water partition coefficient (Wildman–Crippen LogP) is 5.08. The first-order valence-corrected chi connectivity index (χ1v) is 11.7. The fourth-order valence-corrected chi connectivity index (χ4v) is 4.42. The van der Waals surface area contributed by atoms with Gasteiger partial charge < -0.3 is 15.8 Å². The van der Waals surface area contributed by atoms with Crippen LogP contribution >= 0.6 is 0 Å². The van der Waals surface area contributed by atoms with E-state index >= 15 is 0 Å². The number of aromatic nitrogens is 3. The van der Waals surface area contributed by atoms with Gasteiger partial charge in [0, 0.05) is 11.4 Å². The quantitative estimate of drug-likeness (QED) is 0.342. The summed E-state index contributed by atoms with van der Waals surface area (Å²) >= 11 is 0. The molecule has 0 aliphatic heterocycles. The molecule has 0 fully saturated rings. The number of nitrogen functional groups attached to an aromatic ring is 1. The van der Waals surface area contributed by atoms with E-state index in [9.17, 15) is 10.1 Å². The SMILES string of the molecule is COc1ccc(-c2cccc3cc(C(C)Nc4nc(N)ncc4C#N)n(-c4ccccc4)c(=O)c23)cc1. The van der Waals surface area contributed by atoms with Crippen LogP contribution in [0, 0.1) is 11.3 Å². The van der Waals surface area contributed by atoms with Crippen LogP contribution < -0.4 is 21.3 Å². The van der Waals surface area contributed by atoms with Crippen molar-refractivity contribution in [2.24, 2.45) is 0 Å². The number of nitrogens with one attached hydrogen (secondary N) is 1. The Labute approximate surface area is 213 Å². The van der Waals surface area contributed by atoms with Crippen LogP contribution in [0.5, 0.6) is 5.75 Å². The molecule has 0 spiro atoms. The molecule has 182 valence electrons. The molecule has 0 saturated carbocycles. The van der Waals surface area contributed by atoms with Gasteiger partial charge in [0.25, 0.3) is 5.56 Å². The zero-order valence-electron chi connectivity index (χ0n) is 20.3. The Kier molecular flexibility index (Phi) is 6.27. The van der Waals surface area contributed by atoms with Crippen molar-refractivity contribution in [3.05, 3.63) is 107 Å². The summed E-state index contributed by atoms with van der Waals surface area (Å²) in [5, 5.41) is 14.2. The number of para-hydroxylation sites is 1. The lowest BCUT2D eigenvalue weighted by Gasteiger charge is -2.22. The summed E-state index contributed by atoms with van der Waals surface area (Å²) in [7, 11) is 1.62. The number of nitriles is 1. The fraction of sp³-hybridized carbons (Fsp3) is 0.103. The molecule has 2 heterocycles. The Morgan fingerprint density at radius 3 is 2.51 bits per heavy atom. The van der Waals surface area contributed by atoms with E-state index in [2.05, 4.69) is 21.4 Å². The van der Waals surface area contributed by atoms with E-state index in [4.69, 9.17) is 10.5 Å². The molecule has 0 aliphatic carbocycles. The van der Waals surface area contributed by atoms with E-state index < -0.39 is 6.04 Å². The minimum absolute atomic E-state index is 0.0526. The predicted molar refractivity (Wildman–Crippen MR) is 145 cm³/mol. The van der Waals surface area contributed by atoms with E-state index in [1.165, 1.54) is 6.20 Å². The van der Waals surface area contributed by atoms with Crippen LogP contribution in [0.15, 0.2) is 89.9 Å². The maximum absolute atomic E-state index is 14.2. The zero-order valence-corrected chi connectivity index (χ0v) is 20.3. The van der Waals surface area contributed by atoms with E-state index in [0.717, 1.165) is 28.0 Å². The Morgan fingerprint density at radius 1 is 1.05 bits per heavy atom. The molecule has 5 aromatic rings. The van der Waals surface area contributed by atoms with Gasteiger partial charge in [-0.1, -0.05) is 48.5 Å². The summed E-state index contributed by atoms with van der Waals surface area (Å²) in [6, 6.07) is 26.6. The first-order valence-electron chi connectivity index (χ1n) is 11.7. The topological polar surface area (TPSA) is 119 Å². The minimum atomic E-state index is -0.400. The van der Waals surface area contributed by atoms with Crippen molar-refractivity contribution in [2.45, 2.75) is 13.0 Å². The van der Waals surface area contributed by atoms with Crippen LogP contribution in [0.1, 0.15) is 24.2 Å². The second-order valence-electron chi connectivity index (χ2n) is 8.51. The van der Waals surface area contributed by atoms with E-state index in [1.54, 1.807) is 11.7 Å². The maximum atomic E-state index is 14.2. The van der Waals surface area contributed by atoms with Crippen molar-refractivity contribution in [1.82, 2.24) is 14.5 Å². The minimum Gasteiger partial charge on any atom is -0.497 e. The van der Waals surface area contributed by atoms with Crippen LogP contribution in [0.4, 0.5) is 11.8 Å². The number of rotatable bonds is 6. The maximum Gasteiger partial charge on any atom is 0.263 e. The van der Waals surface area contributed by atoms with E-state index in [1.807, 2.05) is 85.8 Å². The normalized spacial score (nSPS) is 11.6. The number of nitrogens with zero attached hydrogens (tertiary/aromatic N) is 4. The molecule has 5 rings (SSSR count). The van der Waals surface area contributed by atoms with Gasteiger partial charge in [0.05, 0.1) is 24.7 Å². The molecule has 0 amide bonds. The van der Waals surface area contributed by atoms with Gasteiger partial charge in [-0.25, -0.2) is 4.98 Å². The van der Waals surface area contributed by atoms with Crippen molar-refractivity contribution < 1.29 is 4.74 Å². The molecule has 1 unspecified atom stereocenters. The molecule has 1 atom stereocenters. The molecule has 37 heavy (non-hydrogen) atoms. The third kappa shape index (κ3) is 4.46. The standard InChI is InChI=1S/C29H24N6O2/c1-18(33-27-21(16-30)17-32-29(31)34-27)25-15-20-7-6-10-24(19-11-13-23(37-2)14-12-19)26(20)28(36)35(25)22-8-4-3-5-9-22/h3-15,17-18H,1-2H3,(H3,31,32,33,34). The average Bonchev–Trinajstić information content (AvgIpc) is 2.93. The third-order valence-corrected chi connectivity index (χ3v) is 6.22. The highest BCUT2D eigenvalue weighted by atomic mass is 16.5. The number of methoxy groups -OCH3 is 1. The Morgan fingerprint density at radius 2 is 1.81 bits per heavy atom. The lowest BCUT2D eigenvalue weighted by atomic mass is 9.97. The van der Waals surface area contributed by atoms with E-state index in [0.29, 0.717) is 16.9 Å². The second kappa shape index (κ2) is 9.84. The van der Waals surface area contributed by atoms with Gasteiger partial charge in [-0.15, -0.1) is 0 Å². The monoisotopic (exact) mass is 488 g/mol. The molecule has 0 aliphatic rings. The number of benzene rings is 3.